The molecule has 3 N–H and O–H groups in total. The molecule has 6 rings (SSSR count). The van der Waals surface area contributed by atoms with Gasteiger partial charge in [0.2, 0.25) is 0 Å². The Labute approximate surface area is 208 Å². The van der Waals surface area contributed by atoms with Crippen LogP contribution in [-0.4, -0.2) is 39.9 Å². The first kappa shape index (κ1) is 22.8. The van der Waals surface area contributed by atoms with Crippen LogP contribution in [0.15, 0.2) is 66.2 Å². The molecule has 0 fully saturated rings. The largest absolute Gasteiger partial charge is 0.492 e. The van der Waals surface area contributed by atoms with E-state index in [2.05, 4.69) is 35.0 Å². The molecule has 37 heavy (non-hydrogen) atoms. The highest BCUT2D eigenvalue weighted by Crippen LogP contribution is 2.36. The zero-order chi connectivity index (χ0) is 25.6. The Morgan fingerprint density at radius 2 is 1.89 bits per heavy atom. The van der Waals surface area contributed by atoms with Gasteiger partial charge in [0.25, 0.3) is 10.0 Å². The van der Waals surface area contributed by atoms with Gasteiger partial charge in [0.1, 0.15) is 45.5 Å². The third kappa shape index (κ3) is 3.98. The minimum Gasteiger partial charge on any atom is -0.492 e. The molecular weight excluding hydrogens is 504 g/mol. The Morgan fingerprint density at radius 1 is 1.00 bits per heavy atom. The highest BCUT2D eigenvalue weighted by atomic mass is 32.2. The molecule has 13 heteroatoms. The fourth-order valence-electron chi connectivity index (χ4n) is 4.12. The van der Waals surface area contributed by atoms with Gasteiger partial charge in [0.05, 0.1) is 18.6 Å². The molecule has 1 aliphatic rings. The minimum absolute atomic E-state index is 0.0811. The average Bonchev–Trinajstić information content (AvgIpc) is 3.58. The number of nitrogens with zero attached hydrogens (tertiary/aromatic N) is 4. The lowest BCUT2D eigenvalue weighted by Gasteiger charge is -2.16. The van der Waals surface area contributed by atoms with E-state index in [9.17, 15) is 12.8 Å². The molecule has 2 aromatic carbocycles. The lowest BCUT2D eigenvalue weighted by Crippen LogP contribution is -2.16. The molecule has 0 spiro atoms. The van der Waals surface area contributed by atoms with E-state index in [1.807, 2.05) is 0 Å². The summed E-state index contributed by atoms with van der Waals surface area (Å²) in [6.07, 6.45) is 4.79. The molecule has 5 aromatic rings. The molecule has 3 aromatic heterocycles. The van der Waals surface area contributed by atoms with E-state index in [4.69, 9.17) is 4.74 Å². The third-order valence-electron chi connectivity index (χ3n) is 5.83. The summed E-state index contributed by atoms with van der Waals surface area (Å²) in [4.78, 5) is 19.5. The van der Waals surface area contributed by atoms with Gasteiger partial charge in [0.15, 0.2) is 11.5 Å². The van der Waals surface area contributed by atoms with Crippen molar-refractivity contribution in [2.75, 3.05) is 16.6 Å². The van der Waals surface area contributed by atoms with E-state index in [0.717, 1.165) is 17.7 Å². The lowest BCUT2D eigenvalue weighted by molar-refractivity contribution is 0.348. The molecule has 4 heterocycles. The van der Waals surface area contributed by atoms with Gasteiger partial charge < -0.3 is 15.0 Å². The monoisotopic (exact) mass is 521 g/mol. The van der Waals surface area contributed by atoms with E-state index < -0.39 is 33.0 Å². The first-order valence-electron chi connectivity index (χ1n) is 11.0. The number of hydrogen-bond acceptors (Lipinski definition) is 8. The number of hydrogen-bond donors (Lipinski definition) is 3. The highest BCUT2D eigenvalue weighted by Gasteiger charge is 2.27. The fourth-order valence-corrected chi connectivity index (χ4v) is 5.37. The predicted molar refractivity (Wildman–Crippen MR) is 131 cm³/mol. The van der Waals surface area contributed by atoms with Crippen LogP contribution in [0.25, 0.3) is 22.4 Å². The SMILES string of the molecule is O=S(=O)(Nc1ccc(F)c(Nc2ncccc2-c2ncnc3[nH]cnc23)c1F)c1cccc2c1OCC2. The molecule has 0 amide bonds. The van der Waals surface area contributed by atoms with Crippen LogP contribution in [0.5, 0.6) is 5.75 Å². The molecule has 0 bridgehead atoms. The number of sulfonamides is 1. The van der Waals surface area contributed by atoms with Crippen molar-refractivity contribution in [3.63, 3.8) is 0 Å². The predicted octanol–water partition coefficient (Wildman–Crippen LogP) is 4.17. The maximum atomic E-state index is 15.5. The summed E-state index contributed by atoms with van der Waals surface area (Å²) in [6.45, 7) is 0.351. The number of H-pyrrole nitrogens is 1. The van der Waals surface area contributed by atoms with Crippen LogP contribution in [0, 0.1) is 11.6 Å². The van der Waals surface area contributed by atoms with Crippen LogP contribution in [-0.2, 0) is 16.4 Å². The molecular formula is C24H17F2N7O3S. The zero-order valence-electron chi connectivity index (χ0n) is 18.9. The highest BCUT2D eigenvalue weighted by molar-refractivity contribution is 7.92. The molecule has 0 unspecified atom stereocenters. The molecule has 186 valence electrons. The number of anilines is 3. The quantitative estimate of drug-likeness (QED) is 0.303. The Morgan fingerprint density at radius 3 is 2.78 bits per heavy atom. The number of imidazole rings is 1. The zero-order valence-corrected chi connectivity index (χ0v) is 19.7. The van der Waals surface area contributed by atoms with Crippen molar-refractivity contribution in [3.05, 3.63) is 78.5 Å². The van der Waals surface area contributed by atoms with Gasteiger partial charge >= 0.3 is 0 Å². The Hall–Kier alpha value is -4.65. The van der Waals surface area contributed by atoms with Crippen molar-refractivity contribution in [1.29, 1.82) is 0 Å². The minimum atomic E-state index is -4.24. The number of pyridine rings is 1. The van der Waals surface area contributed by atoms with Gasteiger partial charge in [-0.2, -0.15) is 0 Å². The molecule has 0 radical (unpaired) electrons. The molecule has 0 saturated carbocycles. The molecule has 1 aliphatic heterocycles. The van der Waals surface area contributed by atoms with Gasteiger partial charge in [-0.15, -0.1) is 0 Å². The van der Waals surface area contributed by atoms with Crippen LogP contribution in [0.2, 0.25) is 0 Å². The number of fused-ring (bicyclic) bond motifs is 2. The van der Waals surface area contributed by atoms with E-state index >= 15 is 4.39 Å². The molecule has 0 aliphatic carbocycles. The molecule has 0 atom stereocenters. The van der Waals surface area contributed by atoms with Crippen LogP contribution < -0.4 is 14.8 Å². The number of benzene rings is 2. The summed E-state index contributed by atoms with van der Waals surface area (Å²) in [6, 6.07) is 9.97. The van der Waals surface area contributed by atoms with Crippen molar-refractivity contribution < 1.29 is 21.9 Å². The Bertz CT molecular complexity index is 1780. The maximum Gasteiger partial charge on any atom is 0.265 e. The fraction of sp³-hybridized carbons (Fsp3) is 0.0833. The number of rotatable bonds is 6. The van der Waals surface area contributed by atoms with Crippen molar-refractivity contribution in [2.24, 2.45) is 0 Å². The summed E-state index contributed by atoms with van der Waals surface area (Å²) >= 11 is 0. The maximum absolute atomic E-state index is 15.5. The summed E-state index contributed by atoms with van der Waals surface area (Å²) in [5, 5.41) is 2.65. The number of ether oxygens (including phenoxy) is 1. The number of para-hydroxylation sites is 1. The normalized spacial score (nSPS) is 12.8. The van der Waals surface area contributed by atoms with E-state index in [1.165, 1.54) is 24.9 Å². The summed E-state index contributed by atoms with van der Waals surface area (Å²) in [5.74, 6) is -1.80. The van der Waals surface area contributed by atoms with Crippen molar-refractivity contribution in [2.45, 2.75) is 11.3 Å². The van der Waals surface area contributed by atoms with E-state index in [-0.39, 0.29) is 16.5 Å². The van der Waals surface area contributed by atoms with E-state index in [0.29, 0.717) is 35.4 Å². The smallest absolute Gasteiger partial charge is 0.265 e. The first-order chi connectivity index (χ1) is 17.9. The summed E-state index contributed by atoms with van der Waals surface area (Å²) < 4.78 is 64.2. The topological polar surface area (TPSA) is 135 Å². The molecule has 10 nitrogen and oxygen atoms in total. The second-order valence-corrected chi connectivity index (χ2v) is 9.73. The number of nitrogens with one attached hydrogen (secondary N) is 3. The standard InChI is InChI=1S/C24H17F2N7O3S/c25-15-6-7-16(33-37(34,35)17-5-1-3-13-8-10-36-22(13)17)18(26)20(15)32-23-14(4-2-9-27-23)19-21-24(30-11-28-19)31-12-29-21/h1-7,9,11-12,33H,8,10H2,(H,27,32)(H,28,29,30,31). The summed E-state index contributed by atoms with van der Waals surface area (Å²) in [5.41, 5.74) is 1.41. The van der Waals surface area contributed by atoms with Gasteiger partial charge in [-0.05, 0) is 35.9 Å². The average molecular weight is 522 g/mol. The van der Waals surface area contributed by atoms with E-state index in [1.54, 1.807) is 24.3 Å². The van der Waals surface area contributed by atoms with Gasteiger partial charge in [-0.3, -0.25) is 4.72 Å². The first-order valence-corrected chi connectivity index (χ1v) is 12.5. The number of aromatic nitrogens is 5. The Balaban J connectivity index is 1.38. The van der Waals surface area contributed by atoms with Crippen LogP contribution in [0.4, 0.5) is 26.0 Å². The molecule has 0 saturated heterocycles. The van der Waals surface area contributed by atoms with Crippen LogP contribution in [0.1, 0.15) is 5.56 Å². The second-order valence-electron chi connectivity index (χ2n) is 8.08. The lowest BCUT2D eigenvalue weighted by atomic mass is 10.1. The van der Waals surface area contributed by atoms with Gasteiger partial charge in [-0.1, -0.05) is 12.1 Å². The Kier molecular flexibility index (Phi) is 5.41. The van der Waals surface area contributed by atoms with Crippen LogP contribution >= 0.6 is 0 Å². The number of aromatic amines is 1. The second kappa shape index (κ2) is 8.78. The van der Waals surface area contributed by atoms with Gasteiger partial charge in [0, 0.05) is 18.2 Å². The van der Waals surface area contributed by atoms with Crippen molar-refractivity contribution in [1.82, 2.24) is 24.9 Å². The number of halogens is 2. The van der Waals surface area contributed by atoms with Crippen LogP contribution in [0.3, 0.4) is 0 Å². The van der Waals surface area contributed by atoms with Crippen molar-refractivity contribution in [3.8, 4) is 17.0 Å². The summed E-state index contributed by atoms with van der Waals surface area (Å²) in [7, 11) is -4.24. The van der Waals surface area contributed by atoms with Gasteiger partial charge in [-0.25, -0.2) is 37.1 Å². The van der Waals surface area contributed by atoms with Crippen molar-refractivity contribution >= 4 is 38.4 Å². The third-order valence-corrected chi connectivity index (χ3v) is 7.22.